The summed E-state index contributed by atoms with van der Waals surface area (Å²) in [7, 11) is 1.96. The molecule has 5 heteroatoms. The Morgan fingerprint density at radius 2 is 2.39 bits per heavy atom. The van der Waals surface area contributed by atoms with E-state index in [1.54, 1.807) is 6.07 Å². The van der Waals surface area contributed by atoms with Gasteiger partial charge >= 0.3 is 0 Å². The van der Waals surface area contributed by atoms with E-state index in [1.807, 2.05) is 20.9 Å². The Hall–Kier alpha value is -1.36. The first kappa shape index (κ1) is 13.1. The van der Waals surface area contributed by atoms with Gasteiger partial charge in [-0.1, -0.05) is 13.8 Å². The summed E-state index contributed by atoms with van der Waals surface area (Å²) in [6, 6.07) is 2.06. The third-order valence-corrected chi connectivity index (χ3v) is 3.40. The van der Waals surface area contributed by atoms with Crippen molar-refractivity contribution >= 4 is 5.82 Å². The van der Waals surface area contributed by atoms with Gasteiger partial charge in [0.1, 0.15) is 11.6 Å². The van der Waals surface area contributed by atoms with Crippen molar-refractivity contribution in [2.24, 2.45) is 0 Å². The topological polar surface area (TPSA) is 61.0 Å². The second-order valence-corrected chi connectivity index (χ2v) is 5.19. The summed E-state index contributed by atoms with van der Waals surface area (Å²) in [5.74, 6) is 1.83. The van der Waals surface area contributed by atoms with E-state index in [1.165, 1.54) is 0 Å². The lowest BCUT2D eigenvalue weighted by Gasteiger charge is -2.25. The van der Waals surface area contributed by atoms with Crippen LogP contribution in [0.2, 0.25) is 0 Å². The van der Waals surface area contributed by atoms with Crippen LogP contribution in [0.1, 0.15) is 38.4 Å². The first-order valence-corrected chi connectivity index (χ1v) is 6.64. The standard InChI is InChI=1S/C13H22N4O/c1-9(2)13-15-11(7-12(18)16-13)17-6-4-5-10(17)8-14-3/h7,9-10,14H,4-6,8H2,1-3H3,(H,15,16,18). The molecule has 0 aromatic carbocycles. The number of nitrogens with zero attached hydrogens (tertiary/aromatic N) is 2. The van der Waals surface area contributed by atoms with Crippen molar-refractivity contribution in [1.82, 2.24) is 15.3 Å². The van der Waals surface area contributed by atoms with E-state index in [-0.39, 0.29) is 11.5 Å². The molecule has 0 spiro atoms. The average molecular weight is 250 g/mol. The van der Waals surface area contributed by atoms with Crippen molar-refractivity contribution in [2.75, 3.05) is 25.0 Å². The van der Waals surface area contributed by atoms with Gasteiger partial charge < -0.3 is 15.2 Å². The van der Waals surface area contributed by atoms with Crippen molar-refractivity contribution in [3.8, 4) is 0 Å². The molecule has 1 atom stereocenters. The summed E-state index contributed by atoms with van der Waals surface area (Å²) in [6.45, 7) is 6.00. The number of aromatic amines is 1. The van der Waals surface area contributed by atoms with Gasteiger partial charge in [-0.2, -0.15) is 0 Å². The van der Waals surface area contributed by atoms with Crippen molar-refractivity contribution in [1.29, 1.82) is 0 Å². The highest BCUT2D eigenvalue weighted by molar-refractivity contribution is 5.40. The van der Waals surface area contributed by atoms with E-state index >= 15 is 0 Å². The molecule has 2 rings (SSSR count). The Kier molecular flexibility index (Phi) is 4.01. The summed E-state index contributed by atoms with van der Waals surface area (Å²) in [5, 5.41) is 3.21. The fourth-order valence-corrected chi connectivity index (χ4v) is 2.47. The fraction of sp³-hybridized carbons (Fsp3) is 0.692. The summed E-state index contributed by atoms with van der Waals surface area (Å²) < 4.78 is 0. The van der Waals surface area contributed by atoms with Gasteiger partial charge in [0.15, 0.2) is 0 Å². The molecular weight excluding hydrogens is 228 g/mol. The lowest BCUT2D eigenvalue weighted by molar-refractivity contribution is 0.608. The number of hydrogen-bond acceptors (Lipinski definition) is 4. The number of rotatable bonds is 4. The zero-order chi connectivity index (χ0) is 13.1. The molecule has 1 unspecified atom stereocenters. The first-order valence-electron chi connectivity index (χ1n) is 6.64. The van der Waals surface area contributed by atoms with Crippen LogP contribution in [0.5, 0.6) is 0 Å². The molecule has 0 amide bonds. The van der Waals surface area contributed by atoms with E-state index in [4.69, 9.17) is 0 Å². The Morgan fingerprint density at radius 3 is 3.06 bits per heavy atom. The van der Waals surface area contributed by atoms with Gasteiger partial charge in [0.25, 0.3) is 5.56 Å². The summed E-state index contributed by atoms with van der Waals surface area (Å²) >= 11 is 0. The summed E-state index contributed by atoms with van der Waals surface area (Å²) in [5.41, 5.74) is -0.0567. The average Bonchev–Trinajstić information content (AvgIpc) is 2.77. The van der Waals surface area contributed by atoms with Crippen LogP contribution in [-0.4, -0.2) is 36.1 Å². The molecule has 0 aliphatic carbocycles. The summed E-state index contributed by atoms with van der Waals surface area (Å²) in [6.07, 6.45) is 2.32. The number of aromatic nitrogens is 2. The van der Waals surface area contributed by atoms with Gasteiger partial charge in [-0.15, -0.1) is 0 Å². The quantitative estimate of drug-likeness (QED) is 0.839. The molecule has 2 N–H and O–H groups in total. The van der Waals surface area contributed by atoms with E-state index < -0.39 is 0 Å². The van der Waals surface area contributed by atoms with Gasteiger partial charge in [0.05, 0.1) is 0 Å². The highest BCUT2D eigenvalue weighted by Gasteiger charge is 2.25. The zero-order valence-corrected chi connectivity index (χ0v) is 11.4. The van der Waals surface area contributed by atoms with Gasteiger partial charge in [0.2, 0.25) is 0 Å². The number of anilines is 1. The summed E-state index contributed by atoms with van der Waals surface area (Å²) in [4.78, 5) is 21.3. The maximum Gasteiger partial charge on any atom is 0.252 e. The van der Waals surface area contributed by atoms with Crippen LogP contribution in [0, 0.1) is 0 Å². The lowest BCUT2D eigenvalue weighted by Crippen LogP contribution is -2.38. The maximum absolute atomic E-state index is 11.7. The van der Waals surface area contributed by atoms with Gasteiger partial charge in [-0.05, 0) is 19.9 Å². The molecule has 1 aromatic heterocycles. The zero-order valence-electron chi connectivity index (χ0n) is 11.4. The number of likely N-dealkylation sites (N-methyl/N-ethyl adjacent to an activating group) is 1. The Bertz CT molecular complexity index is 455. The van der Waals surface area contributed by atoms with Gasteiger partial charge in [0, 0.05) is 31.1 Å². The van der Waals surface area contributed by atoms with Crippen molar-refractivity contribution in [3.63, 3.8) is 0 Å². The fourth-order valence-electron chi connectivity index (χ4n) is 2.47. The normalized spacial score (nSPS) is 19.8. The smallest absolute Gasteiger partial charge is 0.252 e. The SMILES string of the molecule is CNCC1CCCN1c1cc(=O)[nH]c(C(C)C)n1. The van der Waals surface area contributed by atoms with E-state index in [0.717, 1.165) is 37.6 Å². The number of H-pyrrole nitrogens is 1. The highest BCUT2D eigenvalue weighted by atomic mass is 16.1. The highest BCUT2D eigenvalue weighted by Crippen LogP contribution is 2.23. The minimum Gasteiger partial charge on any atom is -0.352 e. The Balaban J connectivity index is 2.29. The van der Waals surface area contributed by atoms with E-state index in [0.29, 0.717) is 6.04 Å². The van der Waals surface area contributed by atoms with E-state index in [9.17, 15) is 4.79 Å². The minimum absolute atomic E-state index is 0.0567. The molecule has 0 saturated carbocycles. The van der Waals surface area contributed by atoms with Crippen molar-refractivity contribution in [3.05, 3.63) is 22.2 Å². The third kappa shape index (κ3) is 2.72. The first-order chi connectivity index (χ1) is 8.61. The predicted molar refractivity (Wildman–Crippen MR) is 73.2 cm³/mol. The number of hydrogen-bond donors (Lipinski definition) is 2. The van der Waals surface area contributed by atoms with Crippen LogP contribution in [0.15, 0.2) is 10.9 Å². The van der Waals surface area contributed by atoms with Crippen molar-refractivity contribution < 1.29 is 0 Å². The van der Waals surface area contributed by atoms with Crippen LogP contribution in [0.3, 0.4) is 0 Å². The maximum atomic E-state index is 11.7. The molecule has 5 nitrogen and oxygen atoms in total. The largest absolute Gasteiger partial charge is 0.352 e. The minimum atomic E-state index is -0.0567. The van der Waals surface area contributed by atoms with Crippen LogP contribution in [0.4, 0.5) is 5.82 Å². The van der Waals surface area contributed by atoms with Crippen LogP contribution in [0.25, 0.3) is 0 Å². The van der Waals surface area contributed by atoms with Crippen molar-refractivity contribution in [2.45, 2.75) is 38.6 Å². The molecule has 100 valence electrons. The molecule has 1 aliphatic heterocycles. The molecule has 0 bridgehead atoms. The molecule has 18 heavy (non-hydrogen) atoms. The molecule has 1 fully saturated rings. The van der Waals surface area contributed by atoms with Gasteiger partial charge in [-0.25, -0.2) is 4.98 Å². The van der Waals surface area contributed by atoms with Gasteiger partial charge in [-0.3, -0.25) is 4.79 Å². The third-order valence-electron chi connectivity index (χ3n) is 3.40. The molecule has 0 radical (unpaired) electrons. The second-order valence-electron chi connectivity index (χ2n) is 5.19. The predicted octanol–water partition coefficient (Wildman–Crippen LogP) is 1.08. The molecular formula is C13H22N4O. The van der Waals surface area contributed by atoms with E-state index in [2.05, 4.69) is 20.2 Å². The monoisotopic (exact) mass is 250 g/mol. The number of nitrogens with one attached hydrogen (secondary N) is 2. The van der Waals surface area contributed by atoms with Crippen LogP contribution < -0.4 is 15.8 Å². The molecule has 1 saturated heterocycles. The van der Waals surface area contributed by atoms with Crippen LogP contribution >= 0.6 is 0 Å². The Morgan fingerprint density at radius 1 is 1.61 bits per heavy atom. The second kappa shape index (κ2) is 5.52. The molecule has 1 aliphatic rings. The lowest BCUT2D eigenvalue weighted by atomic mass is 10.2. The molecule has 2 heterocycles. The Labute approximate surface area is 108 Å². The molecule has 1 aromatic rings. The van der Waals surface area contributed by atoms with Crippen LogP contribution in [-0.2, 0) is 0 Å².